The van der Waals surface area contributed by atoms with Crippen molar-refractivity contribution in [1.29, 1.82) is 0 Å². The molecule has 5 nitrogen and oxygen atoms in total. The van der Waals surface area contributed by atoms with E-state index >= 15 is 0 Å². The summed E-state index contributed by atoms with van der Waals surface area (Å²) in [6.45, 7) is 1.61. The van der Waals surface area contributed by atoms with Gasteiger partial charge in [-0.2, -0.15) is 0 Å². The molecule has 0 heterocycles. The number of aryl methyl sites for hydroxylation is 1. The zero-order valence-electron chi connectivity index (χ0n) is 9.38. The molecule has 6 heteroatoms. The van der Waals surface area contributed by atoms with Crippen molar-refractivity contribution in [2.45, 2.75) is 19.4 Å². The predicted molar refractivity (Wildman–Crippen MR) is 65.7 cm³/mol. The molecule has 0 aliphatic heterocycles. The van der Waals surface area contributed by atoms with Crippen LogP contribution in [0.1, 0.15) is 33.9 Å². The van der Waals surface area contributed by atoms with Gasteiger partial charge in [0.05, 0.1) is 0 Å². The number of nitrogens with two attached hydrogens (primary N) is 1. The maximum absolute atomic E-state index is 10.9. The van der Waals surface area contributed by atoms with Crippen molar-refractivity contribution in [3.8, 4) is 5.75 Å². The van der Waals surface area contributed by atoms with E-state index in [1.165, 1.54) is 6.07 Å². The van der Waals surface area contributed by atoms with E-state index in [1.54, 1.807) is 13.0 Å². The Morgan fingerprint density at radius 3 is 2.53 bits per heavy atom. The van der Waals surface area contributed by atoms with Crippen LogP contribution in [0, 0.1) is 6.92 Å². The zero-order valence-corrected chi connectivity index (χ0v) is 10.2. The van der Waals surface area contributed by atoms with Crippen molar-refractivity contribution in [2.75, 3.05) is 6.61 Å². The highest BCUT2D eigenvalue weighted by Gasteiger charge is 2.18. The van der Waals surface area contributed by atoms with E-state index in [0.717, 1.165) is 0 Å². The van der Waals surface area contributed by atoms with Crippen molar-refractivity contribution in [1.82, 2.24) is 0 Å². The number of carbonyl (C=O) groups is 1. The minimum atomic E-state index is -1.20. The largest absolute Gasteiger partial charge is 0.507 e. The van der Waals surface area contributed by atoms with Crippen molar-refractivity contribution < 1.29 is 20.1 Å². The van der Waals surface area contributed by atoms with Crippen molar-refractivity contribution in [3.05, 3.63) is 28.8 Å². The molecule has 0 saturated heterocycles. The van der Waals surface area contributed by atoms with Gasteiger partial charge in [0.2, 0.25) is 0 Å². The number of halogens is 1. The normalized spacial score (nSPS) is 11.7. The van der Waals surface area contributed by atoms with Crippen LogP contribution in [0.2, 0.25) is 0 Å². The second-order valence-electron chi connectivity index (χ2n) is 3.67. The number of carboxylic acid groups (broad SMARTS) is 1. The number of aliphatic hydroxyl groups excluding tert-OH is 1. The molecule has 0 radical (unpaired) electrons. The van der Waals surface area contributed by atoms with Crippen molar-refractivity contribution in [2.24, 2.45) is 5.73 Å². The minimum Gasteiger partial charge on any atom is -0.507 e. The average molecular weight is 262 g/mol. The molecule has 0 amide bonds. The maximum atomic E-state index is 10.9. The first-order valence-corrected chi connectivity index (χ1v) is 4.90. The summed E-state index contributed by atoms with van der Waals surface area (Å²) < 4.78 is 0. The van der Waals surface area contributed by atoms with Gasteiger partial charge in [-0.1, -0.05) is 6.07 Å². The van der Waals surface area contributed by atoms with E-state index in [4.69, 9.17) is 15.9 Å². The van der Waals surface area contributed by atoms with Crippen LogP contribution < -0.4 is 5.73 Å². The molecular formula is C11H16ClNO4. The summed E-state index contributed by atoms with van der Waals surface area (Å²) in [5.41, 5.74) is 6.63. The van der Waals surface area contributed by atoms with Gasteiger partial charge in [0.15, 0.2) is 0 Å². The van der Waals surface area contributed by atoms with Gasteiger partial charge in [-0.05, 0) is 25.0 Å². The van der Waals surface area contributed by atoms with Gasteiger partial charge >= 0.3 is 5.97 Å². The quantitative estimate of drug-likeness (QED) is 0.652. The Morgan fingerprint density at radius 2 is 2.06 bits per heavy atom. The molecule has 0 saturated carbocycles. The molecule has 0 aliphatic rings. The number of phenols is 1. The zero-order chi connectivity index (χ0) is 12.3. The van der Waals surface area contributed by atoms with Gasteiger partial charge in [0, 0.05) is 18.2 Å². The molecule has 17 heavy (non-hydrogen) atoms. The van der Waals surface area contributed by atoms with E-state index < -0.39 is 12.0 Å². The third-order valence-corrected chi connectivity index (χ3v) is 2.35. The number of carboxylic acids is 1. The average Bonchev–Trinajstić information content (AvgIpc) is 2.20. The first kappa shape index (κ1) is 15.7. The fourth-order valence-electron chi connectivity index (χ4n) is 1.55. The van der Waals surface area contributed by atoms with E-state index in [9.17, 15) is 9.90 Å². The molecule has 0 aromatic heterocycles. The molecule has 1 aromatic rings. The molecule has 0 bridgehead atoms. The third-order valence-electron chi connectivity index (χ3n) is 2.35. The summed E-state index contributed by atoms with van der Waals surface area (Å²) in [6.07, 6.45) is 0.274. The number of hydrogen-bond donors (Lipinski definition) is 4. The Hall–Kier alpha value is -1.30. The SMILES string of the molecule is Cc1cc(C(=O)O)c(O)c([C@H](N)CCO)c1.Cl. The first-order chi connectivity index (χ1) is 7.47. The Balaban J connectivity index is 0.00000256. The summed E-state index contributed by atoms with van der Waals surface area (Å²) in [7, 11) is 0. The number of benzene rings is 1. The molecule has 1 atom stereocenters. The van der Waals surface area contributed by atoms with Crippen LogP contribution in [-0.2, 0) is 0 Å². The number of hydrogen-bond acceptors (Lipinski definition) is 4. The summed E-state index contributed by atoms with van der Waals surface area (Å²) in [5, 5.41) is 27.4. The fraction of sp³-hybridized carbons (Fsp3) is 0.364. The van der Waals surface area contributed by atoms with Crippen molar-refractivity contribution >= 4 is 18.4 Å². The van der Waals surface area contributed by atoms with Crippen LogP contribution in [-0.4, -0.2) is 27.9 Å². The summed E-state index contributed by atoms with van der Waals surface area (Å²) in [5.74, 6) is -1.52. The Labute approximate surface area is 105 Å². The Bertz CT molecular complexity index is 409. The third kappa shape index (κ3) is 3.59. The summed E-state index contributed by atoms with van der Waals surface area (Å²) in [6, 6.07) is 2.44. The van der Waals surface area contributed by atoms with Crippen molar-refractivity contribution in [3.63, 3.8) is 0 Å². The van der Waals surface area contributed by atoms with E-state index in [-0.39, 0.29) is 36.7 Å². The molecule has 96 valence electrons. The Morgan fingerprint density at radius 1 is 1.47 bits per heavy atom. The molecule has 1 aromatic carbocycles. The van der Waals surface area contributed by atoms with Crippen LogP contribution in [0.3, 0.4) is 0 Å². The number of aromatic hydroxyl groups is 1. The van der Waals surface area contributed by atoms with Crippen LogP contribution in [0.15, 0.2) is 12.1 Å². The van der Waals surface area contributed by atoms with Crippen LogP contribution >= 0.6 is 12.4 Å². The highest BCUT2D eigenvalue weighted by Crippen LogP contribution is 2.29. The van der Waals surface area contributed by atoms with Gasteiger partial charge < -0.3 is 21.1 Å². The molecule has 0 aliphatic carbocycles. The lowest BCUT2D eigenvalue weighted by atomic mass is 9.98. The molecular weight excluding hydrogens is 246 g/mol. The second-order valence-corrected chi connectivity index (χ2v) is 3.67. The lowest BCUT2D eigenvalue weighted by Gasteiger charge is -2.14. The monoisotopic (exact) mass is 261 g/mol. The predicted octanol–water partition coefficient (Wildman–Crippen LogP) is 1.20. The van der Waals surface area contributed by atoms with Gasteiger partial charge in [0.1, 0.15) is 11.3 Å². The molecule has 0 fully saturated rings. The number of aromatic carboxylic acids is 1. The van der Waals surface area contributed by atoms with Crippen LogP contribution in [0.5, 0.6) is 5.75 Å². The van der Waals surface area contributed by atoms with Gasteiger partial charge in [-0.15, -0.1) is 12.4 Å². The van der Waals surface area contributed by atoms with Gasteiger partial charge in [0.25, 0.3) is 0 Å². The number of aliphatic hydroxyl groups is 1. The van der Waals surface area contributed by atoms with Gasteiger partial charge in [-0.3, -0.25) is 0 Å². The van der Waals surface area contributed by atoms with E-state index in [1.807, 2.05) is 0 Å². The summed E-state index contributed by atoms with van der Waals surface area (Å²) in [4.78, 5) is 10.9. The van der Waals surface area contributed by atoms with E-state index in [2.05, 4.69) is 0 Å². The molecule has 5 N–H and O–H groups in total. The standard InChI is InChI=1S/C11H15NO4.ClH/c1-6-4-7(9(12)2-3-13)10(14)8(5-6)11(15)16;/h4-5,9,13-14H,2-3,12H2,1H3,(H,15,16);1H/t9-;/m1./s1. The molecule has 0 unspecified atom stereocenters. The van der Waals surface area contributed by atoms with Crippen LogP contribution in [0.25, 0.3) is 0 Å². The maximum Gasteiger partial charge on any atom is 0.339 e. The Kier molecular flexibility index (Phi) is 5.95. The topological polar surface area (TPSA) is 104 Å². The minimum absolute atomic E-state index is 0. The van der Waals surface area contributed by atoms with E-state index in [0.29, 0.717) is 11.1 Å². The molecule has 0 spiro atoms. The van der Waals surface area contributed by atoms with Crippen LogP contribution in [0.4, 0.5) is 0 Å². The first-order valence-electron chi connectivity index (χ1n) is 4.90. The summed E-state index contributed by atoms with van der Waals surface area (Å²) >= 11 is 0. The lowest BCUT2D eigenvalue weighted by Crippen LogP contribution is -2.13. The second kappa shape index (κ2) is 6.44. The smallest absolute Gasteiger partial charge is 0.339 e. The van der Waals surface area contributed by atoms with Gasteiger partial charge in [-0.25, -0.2) is 4.79 Å². The number of rotatable bonds is 4. The highest BCUT2D eigenvalue weighted by molar-refractivity contribution is 5.91. The molecule has 1 rings (SSSR count). The highest BCUT2D eigenvalue weighted by atomic mass is 35.5. The lowest BCUT2D eigenvalue weighted by molar-refractivity contribution is 0.0693. The fourth-order valence-corrected chi connectivity index (χ4v) is 1.55.